The van der Waals surface area contributed by atoms with E-state index in [4.69, 9.17) is 20.1 Å². The van der Waals surface area contributed by atoms with Gasteiger partial charge in [-0.15, -0.1) is 0 Å². The van der Waals surface area contributed by atoms with Crippen LogP contribution in [0.1, 0.15) is 129 Å². The minimum Gasteiger partial charge on any atom is -0.516 e. The summed E-state index contributed by atoms with van der Waals surface area (Å²) < 4.78 is 4.90. The van der Waals surface area contributed by atoms with E-state index in [-0.39, 0.29) is 5.97 Å². The second-order valence-electron chi connectivity index (χ2n) is 10.8. The highest BCUT2D eigenvalue weighted by atomic mass is 16.5. The largest absolute Gasteiger partial charge is 0.516 e. The number of allylic oxidation sites excluding steroid dienone is 9. The Kier molecular flexibility index (Phi) is 37.9. The summed E-state index contributed by atoms with van der Waals surface area (Å²) in [5.41, 5.74) is 0. The number of carbonyl (C=O) groups is 2. The first-order valence-corrected chi connectivity index (χ1v) is 17.0. The smallest absolute Gasteiger partial charge is 0.303 e. The first kappa shape index (κ1) is 44.4. The van der Waals surface area contributed by atoms with Crippen molar-refractivity contribution in [3.05, 3.63) is 73.6 Å². The molecular formula is C40H60O6. The number of rotatable bonds is 26. The van der Waals surface area contributed by atoms with Crippen LogP contribution in [0, 0.1) is 23.7 Å². The van der Waals surface area contributed by atoms with E-state index in [2.05, 4.69) is 54.6 Å². The van der Waals surface area contributed by atoms with Crippen LogP contribution in [-0.4, -0.2) is 40.0 Å². The maximum atomic E-state index is 10.6. The SMILES string of the molecule is C=CC(O)C#CC#CC/C=C\CCCCCCCCCC(=O)O.CC(=O)OCCCCCCCCC=CCC=CC=CCC=CO. The molecule has 46 heavy (non-hydrogen) atoms. The quantitative estimate of drug-likeness (QED) is 0.0218. The fourth-order valence-electron chi connectivity index (χ4n) is 3.98. The van der Waals surface area contributed by atoms with Crippen LogP contribution < -0.4 is 0 Å². The number of aliphatic hydroxyl groups excluding tert-OH is 2. The minimum absolute atomic E-state index is 0.179. The van der Waals surface area contributed by atoms with Gasteiger partial charge in [-0.25, -0.2) is 0 Å². The molecule has 0 spiro atoms. The molecule has 0 bridgehead atoms. The third-order valence-electron chi connectivity index (χ3n) is 6.51. The Morgan fingerprint density at radius 1 is 0.717 bits per heavy atom. The van der Waals surface area contributed by atoms with E-state index >= 15 is 0 Å². The summed E-state index contributed by atoms with van der Waals surface area (Å²) in [7, 11) is 0. The molecule has 1 atom stereocenters. The van der Waals surface area contributed by atoms with Gasteiger partial charge in [-0.05, 0) is 69.3 Å². The predicted molar refractivity (Wildman–Crippen MR) is 192 cm³/mol. The molecule has 1 unspecified atom stereocenters. The Bertz CT molecular complexity index is 1010. The van der Waals surface area contributed by atoms with Gasteiger partial charge in [0.25, 0.3) is 0 Å². The van der Waals surface area contributed by atoms with Crippen LogP contribution in [0.4, 0.5) is 0 Å². The Hall–Kier alpha value is -3.74. The summed E-state index contributed by atoms with van der Waals surface area (Å²) in [6.45, 7) is 5.45. The first-order chi connectivity index (χ1) is 22.4. The van der Waals surface area contributed by atoms with Gasteiger partial charge < -0.3 is 20.1 Å². The van der Waals surface area contributed by atoms with Crippen LogP contribution in [-0.2, 0) is 14.3 Å². The highest BCUT2D eigenvalue weighted by Crippen LogP contribution is 2.10. The van der Waals surface area contributed by atoms with Gasteiger partial charge in [-0.3, -0.25) is 9.59 Å². The van der Waals surface area contributed by atoms with E-state index < -0.39 is 12.1 Å². The van der Waals surface area contributed by atoms with Crippen molar-refractivity contribution < 1.29 is 29.6 Å². The second-order valence-corrected chi connectivity index (χ2v) is 10.8. The molecule has 0 heterocycles. The molecule has 0 aliphatic heterocycles. The Balaban J connectivity index is 0. The van der Waals surface area contributed by atoms with Crippen molar-refractivity contribution in [3.8, 4) is 23.7 Å². The zero-order valence-electron chi connectivity index (χ0n) is 28.3. The van der Waals surface area contributed by atoms with Crippen molar-refractivity contribution in [3.63, 3.8) is 0 Å². The highest BCUT2D eigenvalue weighted by Gasteiger charge is 1.96. The van der Waals surface area contributed by atoms with Crippen LogP contribution in [0.2, 0.25) is 0 Å². The fourth-order valence-corrected chi connectivity index (χ4v) is 3.98. The summed E-state index contributed by atoms with van der Waals surface area (Å²) in [5, 5.41) is 26.1. The third kappa shape index (κ3) is 44.7. The van der Waals surface area contributed by atoms with Gasteiger partial charge in [-0.1, -0.05) is 131 Å². The molecule has 0 aromatic heterocycles. The second kappa shape index (κ2) is 39.3. The van der Waals surface area contributed by atoms with Crippen molar-refractivity contribution in [1.82, 2.24) is 0 Å². The standard InChI is InChI=1S/C20H32O3.C20H28O3/c1-20(22)23-19-17-15-13-11-9-7-5-3-2-4-6-8-10-12-14-16-18-21;1-2-19(21)17-15-13-11-9-7-5-3-4-6-8-10-12-14-16-18-20(22)23/h2-3,6,8,10,12,16,18,21H,4-5,7,9,11,13-15,17,19H2,1H3;2,5,7,19,21H,1,3-4,6,8-10,12,14,16,18H2,(H,22,23)/b;7-5-. The summed E-state index contributed by atoms with van der Waals surface area (Å²) in [4.78, 5) is 20.9. The van der Waals surface area contributed by atoms with Gasteiger partial charge in [-0.2, -0.15) is 0 Å². The average Bonchev–Trinajstić information content (AvgIpc) is 3.03. The van der Waals surface area contributed by atoms with E-state index in [1.807, 2.05) is 24.3 Å². The average molecular weight is 637 g/mol. The molecule has 0 radical (unpaired) electrons. The van der Waals surface area contributed by atoms with Crippen molar-refractivity contribution in [2.24, 2.45) is 0 Å². The van der Waals surface area contributed by atoms with E-state index in [1.54, 1.807) is 6.08 Å². The van der Waals surface area contributed by atoms with Crippen molar-refractivity contribution in [2.75, 3.05) is 6.61 Å². The zero-order chi connectivity index (χ0) is 34.2. The number of hydrogen-bond donors (Lipinski definition) is 3. The monoisotopic (exact) mass is 636 g/mol. The van der Waals surface area contributed by atoms with Gasteiger partial charge >= 0.3 is 11.9 Å². The van der Waals surface area contributed by atoms with Crippen LogP contribution in [0.15, 0.2) is 73.6 Å². The predicted octanol–water partition coefficient (Wildman–Crippen LogP) is 9.88. The molecule has 0 aromatic rings. The number of esters is 1. The van der Waals surface area contributed by atoms with Gasteiger partial charge in [0.15, 0.2) is 0 Å². The number of carbonyl (C=O) groups excluding carboxylic acids is 1. The summed E-state index contributed by atoms with van der Waals surface area (Å²) in [5.74, 6) is 9.85. The van der Waals surface area contributed by atoms with Gasteiger partial charge in [0.2, 0.25) is 0 Å². The van der Waals surface area contributed by atoms with Crippen molar-refractivity contribution >= 4 is 11.9 Å². The maximum absolute atomic E-state index is 10.6. The number of carboxylic acid groups (broad SMARTS) is 1. The molecule has 3 N–H and O–H groups in total. The molecule has 0 amide bonds. The van der Waals surface area contributed by atoms with Crippen LogP contribution in [0.5, 0.6) is 0 Å². The lowest BCUT2D eigenvalue weighted by atomic mass is 10.1. The number of unbranched alkanes of at least 4 members (excludes halogenated alkanes) is 13. The molecule has 0 fully saturated rings. The van der Waals surface area contributed by atoms with E-state index in [0.29, 0.717) is 19.4 Å². The first-order valence-electron chi connectivity index (χ1n) is 17.0. The number of aliphatic hydroxyl groups is 2. The third-order valence-corrected chi connectivity index (χ3v) is 6.51. The molecule has 0 aliphatic carbocycles. The molecule has 0 aromatic carbocycles. The number of aliphatic carboxylic acids is 1. The number of hydrogen-bond acceptors (Lipinski definition) is 5. The van der Waals surface area contributed by atoms with E-state index in [9.17, 15) is 9.59 Å². The van der Waals surface area contributed by atoms with Crippen molar-refractivity contribution in [2.45, 2.75) is 135 Å². The fraction of sp³-hybridized carbons (Fsp3) is 0.550. The van der Waals surface area contributed by atoms with E-state index in [0.717, 1.165) is 64.0 Å². The van der Waals surface area contributed by atoms with Crippen LogP contribution >= 0.6 is 0 Å². The lowest BCUT2D eigenvalue weighted by Crippen LogP contribution is -1.99. The van der Waals surface area contributed by atoms with Crippen molar-refractivity contribution in [1.29, 1.82) is 0 Å². The normalized spacial score (nSPS) is 11.7. The summed E-state index contributed by atoms with van der Waals surface area (Å²) >= 11 is 0. The van der Waals surface area contributed by atoms with Gasteiger partial charge in [0.05, 0.1) is 12.9 Å². The van der Waals surface area contributed by atoms with E-state index in [1.165, 1.54) is 64.4 Å². The molecule has 0 saturated carbocycles. The maximum Gasteiger partial charge on any atom is 0.303 e. The topological polar surface area (TPSA) is 104 Å². The lowest BCUT2D eigenvalue weighted by molar-refractivity contribution is -0.141. The molecule has 0 rings (SSSR count). The molecule has 0 saturated heterocycles. The molecule has 6 nitrogen and oxygen atoms in total. The Morgan fingerprint density at radius 3 is 1.83 bits per heavy atom. The van der Waals surface area contributed by atoms with Crippen LogP contribution in [0.25, 0.3) is 0 Å². The van der Waals surface area contributed by atoms with Gasteiger partial charge in [0, 0.05) is 19.8 Å². The lowest BCUT2D eigenvalue weighted by Gasteiger charge is -2.01. The Labute approximate surface area is 280 Å². The molecule has 256 valence electrons. The van der Waals surface area contributed by atoms with Gasteiger partial charge in [0.1, 0.15) is 6.10 Å². The zero-order valence-corrected chi connectivity index (χ0v) is 28.3. The van der Waals surface area contributed by atoms with Crippen LogP contribution in [0.3, 0.4) is 0 Å². The molecule has 6 heteroatoms. The summed E-state index contributed by atoms with van der Waals surface area (Å²) in [6.07, 6.45) is 40.0. The minimum atomic E-state index is -0.794. The molecule has 0 aliphatic rings. The highest BCUT2D eigenvalue weighted by molar-refractivity contribution is 5.66. The summed E-state index contributed by atoms with van der Waals surface area (Å²) in [6, 6.07) is 0. The number of ether oxygens (including phenoxy) is 1. The Morgan fingerprint density at radius 2 is 1.26 bits per heavy atom. The molecular weight excluding hydrogens is 576 g/mol. The number of carboxylic acids is 1.